The number of imidazole rings is 1. The number of nitrogens with one attached hydrogen (secondary N) is 1. The number of amides is 1. The molecule has 140 valence electrons. The van der Waals surface area contributed by atoms with Gasteiger partial charge in [-0.15, -0.1) is 0 Å². The molecule has 1 atom stereocenters. The van der Waals surface area contributed by atoms with Crippen molar-refractivity contribution < 1.29 is 9.53 Å². The van der Waals surface area contributed by atoms with Gasteiger partial charge in [-0.25, -0.2) is 9.97 Å². The molecule has 0 saturated carbocycles. The number of ether oxygens (including phenoxy) is 1. The lowest BCUT2D eigenvalue weighted by Gasteiger charge is -2.11. The highest BCUT2D eigenvalue weighted by Crippen LogP contribution is 2.20. The molecular formula is C21H24N4O2. The van der Waals surface area contributed by atoms with E-state index in [-0.39, 0.29) is 12.0 Å². The summed E-state index contributed by atoms with van der Waals surface area (Å²) in [5.74, 6) is 1.01. The smallest absolute Gasteiger partial charge is 0.224 e. The number of hydrogen-bond donors (Lipinski definition) is 1. The Morgan fingerprint density at radius 3 is 2.89 bits per heavy atom. The van der Waals surface area contributed by atoms with Crippen LogP contribution in [-0.2, 0) is 22.4 Å². The number of nitrogens with zero attached hydrogens (tertiary/aromatic N) is 3. The highest BCUT2D eigenvalue weighted by molar-refractivity contribution is 5.78. The molecule has 0 bridgehead atoms. The molecule has 1 aliphatic heterocycles. The second kappa shape index (κ2) is 7.88. The Kier molecular flexibility index (Phi) is 5.16. The molecule has 3 heterocycles. The maximum atomic E-state index is 12.2. The summed E-state index contributed by atoms with van der Waals surface area (Å²) in [5.41, 5.74) is 3.75. The number of carbonyl (C=O) groups is 1. The van der Waals surface area contributed by atoms with Gasteiger partial charge in [0.1, 0.15) is 11.3 Å². The van der Waals surface area contributed by atoms with Gasteiger partial charge >= 0.3 is 0 Å². The highest BCUT2D eigenvalue weighted by atomic mass is 16.5. The lowest BCUT2D eigenvalue weighted by molar-refractivity contribution is -0.120. The quantitative estimate of drug-likeness (QED) is 0.730. The Bertz CT molecular complexity index is 927. The number of rotatable bonds is 6. The predicted octanol–water partition coefficient (Wildman–Crippen LogP) is 2.82. The number of hydrogen-bond acceptors (Lipinski definition) is 4. The Labute approximate surface area is 158 Å². The fourth-order valence-electron chi connectivity index (χ4n) is 3.51. The van der Waals surface area contributed by atoms with Gasteiger partial charge in [-0.1, -0.05) is 19.1 Å². The molecule has 1 aliphatic rings. The van der Waals surface area contributed by atoms with Crippen molar-refractivity contribution >= 4 is 17.1 Å². The Balaban J connectivity index is 1.47. The molecule has 1 aromatic carbocycles. The fraction of sp³-hybridized carbons (Fsp3) is 0.381. The molecule has 1 N–H and O–H groups in total. The summed E-state index contributed by atoms with van der Waals surface area (Å²) >= 11 is 0. The third-order valence-electron chi connectivity index (χ3n) is 4.91. The summed E-state index contributed by atoms with van der Waals surface area (Å²) in [4.78, 5) is 21.3. The highest BCUT2D eigenvalue weighted by Gasteiger charge is 2.16. The first-order chi connectivity index (χ1) is 13.2. The van der Waals surface area contributed by atoms with Crippen LogP contribution < -0.4 is 5.32 Å². The van der Waals surface area contributed by atoms with Gasteiger partial charge in [0.25, 0.3) is 0 Å². The van der Waals surface area contributed by atoms with E-state index in [9.17, 15) is 4.79 Å². The molecule has 6 nitrogen and oxygen atoms in total. The predicted molar refractivity (Wildman–Crippen MR) is 104 cm³/mol. The van der Waals surface area contributed by atoms with Gasteiger partial charge in [-0.05, 0) is 42.7 Å². The molecule has 0 unspecified atom stereocenters. The summed E-state index contributed by atoms with van der Waals surface area (Å²) < 4.78 is 7.62. The lowest BCUT2D eigenvalue weighted by Crippen LogP contribution is -2.32. The molecule has 2 aromatic heterocycles. The molecule has 0 spiro atoms. The average Bonchev–Trinajstić information content (AvgIpc) is 3.34. The van der Waals surface area contributed by atoms with Crippen molar-refractivity contribution in [1.29, 1.82) is 0 Å². The second-order valence-corrected chi connectivity index (χ2v) is 6.85. The van der Waals surface area contributed by atoms with Crippen LogP contribution in [0.1, 0.15) is 31.2 Å². The molecule has 27 heavy (non-hydrogen) atoms. The van der Waals surface area contributed by atoms with Crippen LogP contribution in [0.25, 0.3) is 16.9 Å². The third-order valence-corrected chi connectivity index (χ3v) is 4.91. The van der Waals surface area contributed by atoms with Gasteiger partial charge in [0.2, 0.25) is 5.91 Å². The Morgan fingerprint density at radius 2 is 2.15 bits per heavy atom. The molecular weight excluding hydrogens is 340 g/mol. The van der Waals surface area contributed by atoms with E-state index in [2.05, 4.69) is 26.8 Å². The van der Waals surface area contributed by atoms with Gasteiger partial charge in [-0.3, -0.25) is 9.36 Å². The van der Waals surface area contributed by atoms with Gasteiger partial charge < -0.3 is 10.1 Å². The summed E-state index contributed by atoms with van der Waals surface area (Å²) in [6.07, 6.45) is 5.26. The molecule has 0 aliphatic carbocycles. The molecule has 3 aromatic rings. The minimum atomic E-state index is 0.0299. The van der Waals surface area contributed by atoms with E-state index in [1.54, 1.807) is 6.20 Å². The van der Waals surface area contributed by atoms with Gasteiger partial charge in [0.05, 0.1) is 12.5 Å². The summed E-state index contributed by atoms with van der Waals surface area (Å²) in [6.45, 7) is 3.49. The molecule has 4 rings (SSSR count). The van der Waals surface area contributed by atoms with Crippen molar-refractivity contribution in [1.82, 2.24) is 19.9 Å². The van der Waals surface area contributed by atoms with E-state index in [1.165, 1.54) is 0 Å². The Morgan fingerprint density at radius 1 is 1.30 bits per heavy atom. The monoisotopic (exact) mass is 364 g/mol. The SMILES string of the molecule is CCc1nc2cccnc2n1-c1ccc(CC(=O)NC[C@@H]2CCCO2)cc1. The number of aromatic nitrogens is 3. The van der Waals surface area contributed by atoms with E-state index in [1.807, 2.05) is 36.4 Å². The van der Waals surface area contributed by atoms with Crippen molar-refractivity contribution in [2.24, 2.45) is 0 Å². The zero-order valence-corrected chi connectivity index (χ0v) is 15.5. The molecule has 1 saturated heterocycles. The number of carbonyl (C=O) groups excluding carboxylic acids is 1. The van der Waals surface area contributed by atoms with E-state index >= 15 is 0 Å². The normalized spacial score (nSPS) is 16.7. The molecule has 1 amide bonds. The lowest BCUT2D eigenvalue weighted by atomic mass is 10.1. The van der Waals surface area contributed by atoms with Gasteiger partial charge in [0.15, 0.2) is 5.65 Å². The first-order valence-electron chi connectivity index (χ1n) is 9.54. The summed E-state index contributed by atoms with van der Waals surface area (Å²) in [5, 5.41) is 2.97. The molecule has 1 fully saturated rings. The topological polar surface area (TPSA) is 69.0 Å². The van der Waals surface area contributed by atoms with E-state index in [4.69, 9.17) is 4.74 Å². The van der Waals surface area contributed by atoms with Crippen LogP contribution >= 0.6 is 0 Å². The van der Waals surface area contributed by atoms with Crippen LogP contribution in [0.5, 0.6) is 0 Å². The fourth-order valence-corrected chi connectivity index (χ4v) is 3.51. The number of pyridine rings is 1. The zero-order chi connectivity index (χ0) is 18.6. The summed E-state index contributed by atoms with van der Waals surface area (Å²) in [7, 11) is 0. The number of aryl methyl sites for hydroxylation is 1. The van der Waals surface area contributed by atoms with Crippen LogP contribution in [0.2, 0.25) is 0 Å². The minimum absolute atomic E-state index is 0.0299. The van der Waals surface area contributed by atoms with Crippen molar-refractivity contribution in [3.8, 4) is 5.69 Å². The largest absolute Gasteiger partial charge is 0.376 e. The van der Waals surface area contributed by atoms with Crippen molar-refractivity contribution in [2.45, 2.75) is 38.7 Å². The minimum Gasteiger partial charge on any atom is -0.376 e. The van der Waals surface area contributed by atoms with Crippen molar-refractivity contribution in [3.63, 3.8) is 0 Å². The van der Waals surface area contributed by atoms with Crippen LogP contribution in [0, 0.1) is 0 Å². The van der Waals surface area contributed by atoms with Crippen molar-refractivity contribution in [3.05, 3.63) is 54.0 Å². The standard InChI is InChI=1S/C21H24N4O2/c1-2-19-24-18-6-3-11-22-21(18)25(19)16-9-7-15(8-10-16)13-20(26)23-14-17-5-4-12-27-17/h3,6-11,17H,2,4-5,12-14H2,1H3,(H,23,26)/t17-/m0/s1. The first kappa shape index (κ1) is 17.7. The average molecular weight is 364 g/mol. The van der Waals surface area contributed by atoms with Crippen molar-refractivity contribution in [2.75, 3.05) is 13.2 Å². The molecule has 6 heteroatoms. The maximum Gasteiger partial charge on any atom is 0.224 e. The second-order valence-electron chi connectivity index (χ2n) is 6.85. The van der Waals surface area contributed by atoms with Gasteiger partial charge in [0, 0.05) is 31.5 Å². The maximum absolute atomic E-state index is 12.2. The zero-order valence-electron chi connectivity index (χ0n) is 15.5. The van der Waals surface area contributed by atoms with E-state index in [0.29, 0.717) is 13.0 Å². The Hall–Kier alpha value is -2.73. The van der Waals surface area contributed by atoms with Crippen LogP contribution in [0.4, 0.5) is 0 Å². The number of fused-ring (bicyclic) bond motifs is 1. The number of benzene rings is 1. The van der Waals surface area contributed by atoms with Crippen LogP contribution in [-0.4, -0.2) is 39.7 Å². The molecule has 0 radical (unpaired) electrons. The van der Waals surface area contributed by atoms with Gasteiger partial charge in [-0.2, -0.15) is 0 Å². The van der Waals surface area contributed by atoms with Crippen LogP contribution in [0.15, 0.2) is 42.6 Å². The van der Waals surface area contributed by atoms with E-state index in [0.717, 1.165) is 54.1 Å². The summed E-state index contributed by atoms with van der Waals surface area (Å²) in [6, 6.07) is 11.9. The van der Waals surface area contributed by atoms with E-state index < -0.39 is 0 Å². The van der Waals surface area contributed by atoms with Crippen LogP contribution in [0.3, 0.4) is 0 Å². The first-order valence-corrected chi connectivity index (χ1v) is 9.54. The third kappa shape index (κ3) is 3.85.